The fourth-order valence-corrected chi connectivity index (χ4v) is 3.56. The molecule has 2 rings (SSSR count). The first-order chi connectivity index (χ1) is 14.6. The van der Waals surface area contributed by atoms with E-state index >= 15 is 0 Å². The highest BCUT2D eigenvalue weighted by atomic mass is 32.2. The van der Waals surface area contributed by atoms with Gasteiger partial charge in [0.1, 0.15) is 5.75 Å². The number of nitrogens with one attached hydrogen (secondary N) is 2. The molecule has 2 N–H and O–H groups in total. The van der Waals surface area contributed by atoms with Gasteiger partial charge >= 0.3 is 6.18 Å². The van der Waals surface area contributed by atoms with Gasteiger partial charge in [0.25, 0.3) is 0 Å². The number of halogens is 3. The number of anilines is 1. The minimum Gasteiger partial charge on any atom is -0.491 e. The molecule has 0 saturated heterocycles. The Morgan fingerprint density at radius 2 is 1.77 bits per heavy atom. The molecule has 0 aliphatic carbocycles. The summed E-state index contributed by atoms with van der Waals surface area (Å²) in [6.07, 6.45) is -1.36. The SMILES string of the molecule is CCCOc1ccc(C(F)(F)F)cc1NC(=O)/C=C/c1ccc(S(=O)(=O)NCC)cc1. The smallest absolute Gasteiger partial charge is 0.416 e. The molecule has 168 valence electrons. The van der Waals surface area contributed by atoms with Crippen molar-refractivity contribution in [2.75, 3.05) is 18.5 Å². The van der Waals surface area contributed by atoms with Crippen LogP contribution in [0.25, 0.3) is 6.08 Å². The van der Waals surface area contributed by atoms with Crippen molar-refractivity contribution in [2.45, 2.75) is 31.3 Å². The number of carbonyl (C=O) groups excluding carboxylic acids is 1. The molecular formula is C21H23F3N2O4S. The first-order valence-corrected chi connectivity index (χ1v) is 11.0. The Kier molecular flexibility index (Phi) is 8.23. The van der Waals surface area contributed by atoms with Crippen LogP contribution in [0.4, 0.5) is 18.9 Å². The predicted octanol–water partition coefficient (Wildman–Crippen LogP) is 4.44. The molecule has 0 spiro atoms. The lowest BCUT2D eigenvalue weighted by Crippen LogP contribution is -2.22. The van der Waals surface area contributed by atoms with Gasteiger partial charge in [-0.1, -0.05) is 26.0 Å². The molecule has 0 saturated carbocycles. The molecule has 2 aromatic rings. The number of benzene rings is 2. The van der Waals surface area contributed by atoms with Gasteiger partial charge in [0, 0.05) is 12.6 Å². The molecule has 6 nitrogen and oxygen atoms in total. The molecule has 0 bridgehead atoms. The summed E-state index contributed by atoms with van der Waals surface area (Å²) >= 11 is 0. The Bertz CT molecular complexity index is 1030. The van der Waals surface area contributed by atoms with E-state index in [0.717, 1.165) is 18.2 Å². The molecule has 31 heavy (non-hydrogen) atoms. The van der Waals surface area contributed by atoms with Crippen molar-refractivity contribution in [3.8, 4) is 5.75 Å². The maximum absolute atomic E-state index is 13.0. The lowest BCUT2D eigenvalue weighted by molar-refractivity contribution is -0.137. The van der Waals surface area contributed by atoms with E-state index in [1.54, 1.807) is 6.92 Å². The fourth-order valence-electron chi connectivity index (χ4n) is 2.52. The third-order valence-electron chi connectivity index (χ3n) is 3.98. The van der Waals surface area contributed by atoms with Gasteiger partial charge in [0.05, 0.1) is 22.8 Å². The number of amides is 1. The van der Waals surface area contributed by atoms with Crippen LogP contribution < -0.4 is 14.8 Å². The van der Waals surface area contributed by atoms with Crippen molar-refractivity contribution in [3.63, 3.8) is 0 Å². The molecule has 0 atom stereocenters. The van der Waals surface area contributed by atoms with Crippen LogP contribution in [0.15, 0.2) is 53.4 Å². The van der Waals surface area contributed by atoms with Crippen molar-refractivity contribution in [1.29, 1.82) is 0 Å². The van der Waals surface area contributed by atoms with E-state index in [9.17, 15) is 26.4 Å². The maximum atomic E-state index is 13.0. The highest BCUT2D eigenvalue weighted by Gasteiger charge is 2.31. The monoisotopic (exact) mass is 456 g/mol. The van der Waals surface area contributed by atoms with Gasteiger partial charge in [-0.3, -0.25) is 4.79 Å². The van der Waals surface area contributed by atoms with Crippen molar-refractivity contribution < 1.29 is 31.1 Å². The molecule has 2 aromatic carbocycles. The molecule has 0 aliphatic rings. The van der Waals surface area contributed by atoms with Crippen LogP contribution in [0.1, 0.15) is 31.4 Å². The van der Waals surface area contributed by atoms with Gasteiger partial charge in [-0.15, -0.1) is 0 Å². The number of hydrogen-bond acceptors (Lipinski definition) is 4. The number of sulfonamides is 1. The zero-order valence-corrected chi connectivity index (χ0v) is 17.8. The molecule has 1 amide bonds. The summed E-state index contributed by atoms with van der Waals surface area (Å²) < 4.78 is 70.7. The van der Waals surface area contributed by atoms with E-state index in [1.807, 2.05) is 6.92 Å². The second-order valence-corrected chi connectivity index (χ2v) is 8.22. The third-order valence-corrected chi connectivity index (χ3v) is 5.54. The summed E-state index contributed by atoms with van der Waals surface area (Å²) in [5.41, 5.74) is -0.463. The van der Waals surface area contributed by atoms with Crippen LogP contribution in [-0.4, -0.2) is 27.5 Å². The summed E-state index contributed by atoms with van der Waals surface area (Å²) in [6.45, 7) is 4.05. The van der Waals surface area contributed by atoms with E-state index in [2.05, 4.69) is 10.0 Å². The molecule has 0 heterocycles. The zero-order valence-electron chi connectivity index (χ0n) is 17.0. The Morgan fingerprint density at radius 3 is 2.35 bits per heavy atom. The lowest BCUT2D eigenvalue weighted by atomic mass is 10.1. The van der Waals surface area contributed by atoms with E-state index in [4.69, 9.17) is 4.74 Å². The minimum atomic E-state index is -4.56. The van der Waals surface area contributed by atoms with E-state index in [1.165, 1.54) is 36.4 Å². The molecule has 0 unspecified atom stereocenters. The Labute approximate surface area is 179 Å². The largest absolute Gasteiger partial charge is 0.491 e. The Morgan fingerprint density at radius 1 is 1.10 bits per heavy atom. The standard InChI is InChI=1S/C21H23F3N2O4S/c1-3-13-30-19-11-8-16(21(22,23)24)14-18(19)26-20(27)12-7-15-5-9-17(10-6-15)31(28,29)25-4-2/h5-12,14,25H,3-4,13H2,1-2H3,(H,26,27)/b12-7+. The molecule has 0 aliphatic heterocycles. The molecule has 0 aromatic heterocycles. The summed E-state index contributed by atoms with van der Waals surface area (Å²) in [5, 5.41) is 2.40. The first-order valence-electron chi connectivity index (χ1n) is 9.49. The number of hydrogen-bond donors (Lipinski definition) is 2. The van der Waals surface area contributed by atoms with Gasteiger partial charge < -0.3 is 10.1 Å². The third kappa shape index (κ3) is 7.11. The predicted molar refractivity (Wildman–Crippen MR) is 112 cm³/mol. The molecule has 10 heteroatoms. The number of alkyl halides is 3. The lowest BCUT2D eigenvalue weighted by Gasteiger charge is -2.14. The van der Waals surface area contributed by atoms with Crippen molar-refractivity contribution >= 4 is 27.7 Å². The van der Waals surface area contributed by atoms with E-state index in [-0.39, 0.29) is 29.5 Å². The highest BCUT2D eigenvalue weighted by molar-refractivity contribution is 7.89. The second kappa shape index (κ2) is 10.5. The average Bonchev–Trinajstić information content (AvgIpc) is 2.71. The van der Waals surface area contributed by atoms with Crippen molar-refractivity contribution in [3.05, 3.63) is 59.7 Å². The topological polar surface area (TPSA) is 84.5 Å². The molecular weight excluding hydrogens is 433 g/mol. The number of carbonyl (C=O) groups is 1. The van der Waals surface area contributed by atoms with Gasteiger partial charge in [0.15, 0.2) is 0 Å². The number of rotatable bonds is 9. The van der Waals surface area contributed by atoms with Crippen molar-refractivity contribution in [2.24, 2.45) is 0 Å². The fraction of sp³-hybridized carbons (Fsp3) is 0.286. The van der Waals surface area contributed by atoms with Crippen LogP contribution in [0.2, 0.25) is 0 Å². The average molecular weight is 456 g/mol. The maximum Gasteiger partial charge on any atom is 0.416 e. The minimum absolute atomic E-state index is 0.0811. The van der Waals surface area contributed by atoms with Crippen molar-refractivity contribution in [1.82, 2.24) is 4.72 Å². The van der Waals surface area contributed by atoms with E-state index in [0.29, 0.717) is 12.0 Å². The number of ether oxygens (including phenoxy) is 1. The van der Waals surface area contributed by atoms with E-state index < -0.39 is 27.7 Å². The highest BCUT2D eigenvalue weighted by Crippen LogP contribution is 2.35. The van der Waals surface area contributed by atoms with Gasteiger partial charge in [-0.25, -0.2) is 13.1 Å². The van der Waals surface area contributed by atoms with Gasteiger partial charge in [-0.05, 0) is 48.4 Å². The Hall–Kier alpha value is -2.85. The van der Waals surface area contributed by atoms with Crippen LogP contribution in [-0.2, 0) is 21.0 Å². The Balaban J connectivity index is 2.16. The van der Waals surface area contributed by atoms with Crippen LogP contribution in [0.3, 0.4) is 0 Å². The van der Waals surface area contributed by atoms with Gasteiger partial charge in [-0.2, -0.15) is 13.2 Å². The quantitative estimate of drug-likeness (QED) is 0.547. The summed E-state index contributed by atoms with van der Waals surface area (Å²) in [4.78, 5) is 12.3. The summed E-state index contributed by atoms with van der Waals surface area (Å²) in [6, 6.07) is 8.66. The van der Waals surface area contributed by atoms with Gasteiger partial charge in [0.2, 0.25) is 15.9 Å². The first kappa shape index (κ1) is 24.4. The van der Waals surface area contributed by atoms with Crippen LogP contribution in [0.5, 0.6) is 5.75 Å². The molecule has 0 fully saturated rings. The van der Waals surface area contributed by atoms with Crippen LogP contribution in [0, 0.1) is 0 Å². The summed E-state index contributed by atoms with van der Waals surface area (Å²) in [5.74, 6) is -0.528. The molecule has 0 radical (unpaired) electrons. The summed E-state index contributed by atoms with van der Waals surface area (Å²) in [7, 11) is -3.59. The van der Waals surface area contributed by atoms with Crippen LogP contribution >= 0.6 is 0 Å². The normalized spacial score (nSPS) is 12.2. The zero-order chi connectivity index (χ0) is 23.1. The second-order valence-electron chi connectivity index (χ2n) is 6.45.